The molecule has 0 bridgehead atoms. The van der Waals surface area contributed by atoms with Gasteiger partial charge in [0, 0.05) is 30.0 Å². The molecule has 0 aliphatic carbocycles. The predicted octanol–water partition coefficient (Wildman–Crippen LogP) is 3.83. The fourth-order valence-corrected chi connectivity index (χ4v) is 3.98. The number of piperidine rings is 1. The molecule has 5 nitrogen and oxygen atoms in total. The number of nitrogens with zero attached hydrogens (tertiary/aromatic N) is 2. The van der Waals surface area contributed by atoms with Gasteiger partial charge in [-0.2, -0.15) is 0 Å². The number of para-hydroxylation sites is 2. The summed E-state index contributed by atoms with van der Waals surface area (Å²) in [7, 11) is 0. The zero-order valence-corrected chi connectivity index (χ0v) is 16.1. The van der Waals surface area contributed by atoms with Gasteiger partial charge in [-0.15, -0.1) is 0 Å². The first-order chi connectivity index (χ1) is 13.6. The van der Waals surface area contributed by atoms with Crippen LogP contribution < -0.4 is 5.32 Å². The highest BCUT2D eigenvalue weighted by molar-refractivity contribution is 5.93. The number of likely N-dealkylation sites (tertiary alicyclic amines) is 1. The Bertz CT molecular complexity index is 994. The maximum absolute atomic E-state index is 13.0. The third kappa shape index (κ3) is 3.79. The van der Waals surface area contributed by atoms with E-state index in [-0.39, 0.29) is 17.7 Å². The highest BCUT2D eigenvalue weighted by Gasteiger charge is 2.28. The molecule has 1 fully saturated rings. The Hall–Kier alpha value is -3.08. The van der Waals surface area contributed by atoms with Crippen LogP contribution in [0.25, 0.3) is 10.9 Å². The number of carbonyl (C=O) groups excluding carboxylic acids is 2. The number of rotatable bonds is 4. The zero-order valence-electron chi connectivity index (χ0n) is 16.1. The number of anilines is 1. The number of benzene rings is 2. The van der Waals surface area contributed by atoms with E-state index in [1.54, 1.807) is 0 Å². The predicted molar refractivity (Wildman–Crippen MR) is 111 cm³/mol. The lowest BCUT2D eigenvalue weighted by Gasteiger charge is -2.32. The summed E-state index contributed by atoms with van der Waals surface area (Å²) in [4.78, 5) is 27.4. The molecule has 1 aromatic heterocycles. The molecule has 1 atom stereocenters. The molecular weight excluding hydrogens is 350 g/mol. The van der Waals surface area contributed by atoms with Crippen molar-refractivity contribution in [2.45, 2.75) is 26.3 Å². The number of hydrogen-bond acceptors (Lipinski definition) is 2. The van der Waals surface area contributed by atoms with E-state index in [1.165, 1.54) is 0 Å². The second-order valence-corrected chi connectivity index (χ2v) is 7.46. The standard InChI is InChI=1S/C23H25N3O2/c1-17-14-18-8-5-6-12-21(18)26(17)16-22(27)25-13-7-9-19(15-25)23(28)24-20-10-3-2-4-11-20/h2-6,8,10-12,14,19H,7,9,13,15-16H2,1H3,(H,24,28)/t19-/m1/s1. The molecule has 4 rings (SSSR count). The number of amides is 2. The van der Waals surface area contributed by atoms with Crippen molar-refractivity contribution in [3.8, 4) is 0 Å². The summed E-state index contributed by atoms with van der Waals surface area (Å²) >= 11 is 0. The summed E-state index contributed by atoms with van der Waals surface area (Å²) in [6.45, 7) is 3.54. The van der Waals surface area contributed by atoms with E-state index in [0.717, 1.165) is 35.1 Å². The van der Waals surface area contributed by atoms with Crippen LogP contribution in [0.3, 0.4) is 0 Å². The van der Waals surface area contributed by atoms with Crippen molar-refractivity contribution in [2.75, 3.05) is 18.4 Å². The Morgan fingerprint density at radius 1 is 1.07 bits per heavy atom. The molecule has 1 aliphatic rings. The maximum atomic E-state index is 13.0. The van der Waals surface area contributed by atoms with Gasteiger partial charge in [-0.25, -0.2) is 0 Å². The summed E-state index contributed by atoms with van der Waals surface area (Å²) in [6, 6.07) is 19.7. The Morgan fingerprint density at radius 3 is 2.64 bits per heavy atom. The summed E-state index contributed by atoms with van der Waals surface area (Å²) < 4.78 is 2.06. The van der Waals surface area contributed by atoms with Gasteiger partial charge in [0.25, 0.3) is 0 Å². The lowest BCUT2D eigenvalue weighted by molar-refractivity contribution is -0.135. The van der Waals surface area contributed by atoms with Crippen molar-refractivity contribution in [3.63, 3.8) is 0 Å². The maximum Gasteiger partial charge on any atom is 0.242 e. The second kappa shape index (κ2) is 7.89. The van der Waals surface area contributed by atoms with Crippen LogP contribution in [0.5, 0.6) is 0 Å². The number of aryl methyl sites for hydroxylation is 1. The summed E-state index contributed by atoms with van der Waals surface area (Å²) in [6.07, 6.45) is 1.66. The van der Waals surface area contributed by atoms with E-state index in [2.05, 4.69) is 22.0 Å². The van der Waals surface area contributed by atoms with Crippen molar-refractivity contribution >= 4 is 28.4 Å². The van der Waals surface area contributed by atoms with Gasteiger partial charge in [0.1, 0.15) is 6.54 Å². The van der Waals surface area contributed by atoms with Crippen molar-refractivity contribution in [3.05, 3.63) is 66.4 Å². The first-order valence-electron chi connectivity index (χ1n) is 9.80. The normalized spacial score (nSPS) is 16.9. The van der Waals surface area contributed by atoms with Crippen LogP contribution in [-0.2, 0) is 16.1 Å². The molecule has 0 saturated carbocycles. The van der Waals surface area contributed by atoms with Gasteiger partial charge in [0.05, 0.1) is 5.92 Å². The highest BCUT2D eigenvalue weighted by Crippen LogP contribution is 2.22. The van der Waals surface area contributed by atoms with Gasteiger partial charge in [-0.05, 0) is 49.4 Å². The summed E-state index contributed by atoms with van der Waals surface area (Å²) in [5, 5.41) is 4.11. The quantitative estimate of drug-likeness (QED) is 0.754. The molecule has 0 radical (unpaired) electrons. The first-order valence-corrected chi connectivity index (χ1v) is 9.80. The van der Waals surface area contributed by atoms with Gasteiger partial charge < -0.3 is 14.8 Å². The van der Waals surface area contributed by atoms with E-state index in [4.69, 9.17) is 0 Å². The Kier molecular flexibility index (Phi) is 5.15. The van der Waals surface area contributed by atoms with Crippen LogP contribution in [0.4, 0.5) is 5.69 Å². The van der Waals surface area contributed by atoms with Crippen LogP contribution in [0.1, 0.15) is 18.5 Å². The van der Waals surface area contributed by atoms with Gasteiger partial charge in [0.2, 0.25) is 11.8 Å². The van der Waals surface area contributed by atoms with E-state index >= 15 is 0 Å². The average molecular weight is 375 g/mol. The van der Waals surface area contributed by atoms with Gasteiger partial charge >= 0.3 is 0 Å². The molecule has 144 valence electrons. The first kappa shape index (κ1) is 18.3. The lowest BCUT2D eigenvalue weighted by Crippen LogP contribution is -2.45. The molecule has 1 N–H and O–H groups in total. The Morgan fingerprint density at radius 2 is 1.82 bits per heavy atom. The molecule has 1 saturated heterocycles. The highest BCUT2D eigenvalue weighted by atomic mass is 16.2. The van der Waals surface area contributed by atoms with E-state index in [1.807, 2.05) is 60.4 Å². The molecule has 2 aromatic carbocycles. The zero-order chi connectivity index (χ0) is 19.5. The number of hydrogen-bond donors (Lipinski definition) is 1. The molecule has 28 heavy (non-hydrogen) atoms. The topological polar surface area (TPSA) is 54.3 Å². The van der Waals surface area contributed by atoms with Crippen LogP contribution in [0.15, 0.2) is 60.7 Å². The minimum Gasteiger partial charge on any atom is -0.340 e. The fraction of sp³-hybridized carbons (Fsp3) is 0.304. The molecular formula is C23H25N3O2. The van der Waals surface area contributed by atoms with E-state index < -0.39 is 0 Å². The fourth-order valence-electron chi connectivity index (χ4n) is 3.98. The van der Waals surface area contributed by atoms with E-state index in [0.29, 0.717) is 19.6 Å². The molecule has 2 amide bonds. The Balaban J connectivity index is 1.43. The number of carbonyl (C=O) groups is 2. The summed E-state index contributed by atoms with van der Waals surface area (Å²) in [5.74, 6) is -0.103. The molecule has 1 aliphatic heterocycles. The lowest BCUT2D eigenvalue weighted by atomic mass is 9.97. The number of aromatic nitrogens is 1. The van der Waals surface area contributed by atoms with Gasteiger partial charge in [-0.1, -0.05) is 36.4 Å². The minimum absolute atomic E-state index is 0.00806. The molecule has 0 spiro atoms. The molecule has 0 unspecified atom stereocenters. The van der Waals surface area contributed by atoms with Crippen molar-refractivity contribution in [1.29, 1.82) is 0 Å². The van der Waals surface area contributed by atoms with Gasteiger partial charge in [0.15, 0.2) is 0 Å². The second-order valence-electron chi connectivity index (χ2n) is 7.46. The van der Waals surface area contributed by atoms with E-state index in [9.17, 15) is 9.59 Å². The monoisotopic (exact) mass is 375 g/mol. The number of nitrogens with one attached hydrogen (secondary N) is 1. The molecule has 2 heterocycles. The van der Waals surface area contributed by atoms with Gasteiger partial charge in [-0.3, -0.25) is 9.59 Å². The van der Waals surface area contributed by atoms with Crippen LogP contribution in [0, 0.1) is 12.8 Å². The van der Waals surface area contributed by atoms with Crippen LogP contribution in [0.2, 0.25) is 0 Å². The summed E-state index contributed by atoms with van der Waals surface area (Å²) in [5.41, 5.74) is 2.94. The third-order valence-corrected chi connectivity index (χ3v) is 5.50. The van der Waals surface area contributed by atoms with Crippen LogP contribution in [-0.4, -0.2) is 34.4 Å². The Labute approximate surface area is 165 Å². The van der Waals surface area contributed by atoms with Crippen LogP contribution >= 0.6 is 0 Å². The van der Waals surface area contributed by atoms with Crippen molar-refractivity contribution in [1.82, 2.24) is 9.47 Å². The van der Waals surface area contributed by atoms with Crippen molar-refractivity contribution in [2.24, 2.45) is 5.92 Å². The molecule has 5 heteroatoms. The number of fused-ring (bicyclic) bond motifs is 1. The SMILES string of the molecule is Cc1cc2ccccc2n1CC(=O)N1CCC[C@@H](C(=O)Nc2ccccc2)C1. The average Bonchev–Trinajstić information content (AvgIpc) is 3.04. The molecule has 3 aromatic rings. The minimum atomic E-state index is -0.166. The van der Waals surface area contributed by atoms with Crippen molar-refractivity contribution < 1.29 is 9.59 Å². The largest absolute Gasteiger partial charge is 0.340 e. The third-order valence-electron chi connectivity index (χ3n) is 5.50. The smallest absolute Gasteiger partial charge is 0.242 e.